The van der Waals surface area contributed by atoms with Crippen molar-refractivity contribution in [3.8, 4) is 0 Å². The highest BCUT2D eigenvalue weighted by molar-refractivity contribution is 8.14. The van der Waals surface area contributed by atoms with E-state index in [0.717, 1.165) is 35.3 Å². The van der Waals surface area contributed by atoms with Crippen molar-refractivity contribution in [3.63, 3.8) is 0 Å². The average Bonchev–Trinajstić information content (AvgIpc) is 3.40. The minimum absolute atomic E-state index is 0.723. The van der Waals surface area contributed by atoms with Gasteiger partial charge >= 0.3 is 0 Å². The zero-order valence-corrected chi connectivity index (χ0v) is 17.7. The van der Waals surface area contributed by atoms with E-state index < -0.39 is 0 Å². The fourth-order valence-electron chi connectivity index (χ4n) is 3.88. The fraction of sp³-hybridized carbons (Fsp3) is 0.364. The van der Waals surface area contributed by atoms with Gasteiger partial charge in [0.15, 0.2) is 10.3 Å². The zero-order chi connectivity index (χ0) is 18.9. The molecule has 2 aromatic carbocycles. The molecule has 0 saturated carbocycles. The Kier molecular flexibility index (Phi) is 4.99. The first kappa shape index (κ1) is 18.0. The molecule has 4 nitrogen and oxygen atoms in total. The Balaban J connectivity index is 1.18. The lowest BCUT2D eigenvalue weighted by Crippen LogP contribution is -2.27. The van der Waals surface area contributed by atoms with Gasteiger partial charge in [0.25, 0.3) is 0 Å². The summed E-state index contributed by atoms with van der Waals surface area (Å²) < 4.78 is 1.25. The first-order valence-electron chi connectivity index (χ1n) is 9.93. The van der Waals surface area contributed by atoms with Crippen LogP contribution in [0.25, 0.3) is 10.2 Å². The van der Waals surface area contributed by atoms with Crippen LogP contribution < -0.4 is 5.32 Å². The molecule has 28 heavy (non-hydrogen) atoms. The average molecular weight is 409 g/mol. The van der Waals surface area contributed by atoms with Gasteiger partial charge in [0.1, 0.15) is 0 Å². The topological polar surface area (TPSA) is 40.5 Å². The van der Waals surface area contributed by atoms with Gasteiger partial charge in [-0.3, -0.25) is 0 Å². The van der Waals surface area contributed by atoms with E-state index in [1.54, 1.807) is 11.3 Å². The van der Waals surface area contributed by atoms with Crippen LogP contribution in [-0.4, -0.2) is 39.9 Å². The molecule has 0 aliphatic carbocycles. The molecule has 1 atom stereocenters. The number of hydrogen-bond donors (Lipinski definition) is 1. The smallest absolute Gasteiger partial charge is 0.183 e. The first-order chi connectivity index (χ1) is 13.7. The Hall–Kier alpha value is -2.05. The number of thioether (sulfide) groups is 1. The molecule has 0 bridgehead atoms. The lowest BCUT2D eigenvalue weighted by molar-refractivity contribution is 0.440. The van der Waals surface area contributed by atoms with Crippen molar-refractivity contribution in [1.29, 1.82) is 0 Å². The molecular formula is C22H24N4S2. The number of fused-ring (bicyclic) bond motifs is 2. The SMILES string of the molecule is Cc1ccc2nc(NCCc3ccc(N=C4SC[C@@H]5CCCN45)cc3)sc2c1. The van der Waals surface area contributed by atoms with E-state index in [1.807, 2.05) is 11.8 Å². The molecule has 5 rings (SSSR count). The predicted octanol–water partition coefficient (Wildman–Crippen LogP) is 5.46. The van der Waals surface area contributed by atoms with E-state index in [9.17, 15) is 0 Å². The second kappa shape index (κ2) is 7.76. The molecule has 2 aliphatic rings. The van der Waals surface area contributed by atoms with Crippen molar-refractivity contribution >= 4 is 49.3 Å². The number of aromatic nitrogens is 1. The number of nitrogens with one attached hydrogen (secondary N) is 1. The van der Waals surface area contributed by atoms with Crippen molar-refractivity contribution in [2.45, 2.75) is 32.2 Å². The highest BCUT2D eigenvalue weighted by Gasteiger charge is 2.33. The van der Waals surface area contributed by atoms with E-state index in [-0.39, 0.29) is 0 Å². The molecular weight excluding hydrogens is 384 g/mol. The maximum atomic E-state index is 4.88. The number of benzene rings is 2. The molecule has 0 amide bonds. The van der Waals surface area contributed by atoms with E-state index >= 15 is 0 Å². The lowest BCUT2D eigenvalue weighted by Gasteiger charge is -2.16. The number of rotatable bonds is 5. The summed E-state index contributed by atoms with van der Waals surface area (Å²) in [4.78, 5) is 12.0. The molecule has 2 aliphatic heterocycles. The lowest BCUT2D eigenvalue weighted by atomic mass is 10.1. The van der Waals surface area contributed by atoms with Crippen LogP contribution in [0, 0.1) is 6.92 Å². The molecule has 1 N–H and O–H groups in total. The zero-order valence-electron chi connectivity index (χ0n) is 16.0. The van der Waals surface area contributed by atoms with Crippen LogP contribution in [0.5, 0.6) is 0 Å². The van der Waals surface area contributed by atoms with E-state index in [2.05, 4.69) is 64.6 Å². The molecule has 1 aromatic heterocycles. The summed E-state index contributed by atoms with van der Waals surface area (Å²) in [5.41, 5.74) is 4.74. The van der Waals surface area contributed by atoms with Gasteiger partial charge in [0.2, 0.25) is 0 Å². The summed E-state index contributed by atoms with van der Waals surface area (Å²) in [6.45, 7) is 4.18. The van der Waals surface area contributed by atoms with Gasteiger partial charge in [-0.25, -0.2) is 9.98 Å². The van der Waals surface area contributed by atoms with Crippen molar-refractivity contribution in [2.24, 2.45) is 4.99 Å². The minimum Gasteiger partial charge on any atom is -0.361 e. The molecule has 0 spiro atoms. The Morgan fingerprint density at radius 1 is 1.21 bits per heavy atom. The summed E-state index contributed by atoms with van der Waals surface area (Å²) in [5.74, 6) is 1.20. The third-order valence-corrected chi connectivity index (χ3v) is 7.53. The number of anilines is 1. The van der Waals surface area contributed by atoms with Crippen molar-refractivity contribution in [3.05, 3.63) is 53.6 Å². The highest BCUT2D eigenvalue weighted by atomic mass is 32.2. The standard InChI is InChI=1S/C22H24N4S2/c1-15-4-9-19-20(13-15)28-21(25-19)23-11-10-16-5-7-17(8-6-16)24-22-26-12-2-3-18(26)14-27-22/h4-9,13,18H,2-3,10-12,14H2,1H3,(H,23,25)/t18-/m0/s1. The van der Waals surface area contributed by atoms with E-state index in [4.69, 9.17) is 4.99 Å². The van der Waals surface area contributed by atoms with Crippen LogP contribution in [0.1, 0.15) is 24.0 Å². The van der Waals surface area contributed by atoms with Gasteiger partial charge in [-0.15, -0.1) is 0 Å². The number of aryl methyl sites for hydroxylation is 1. The van der Waals surface area contributed by atoms with Crippen LogP contribution >= 0.6 is 23.1 Å². The van der Waals surface area contributed by atoms with Gasteiger partial charge < -0.3 is 10.2 Å². The van der Waals surface area contributed by atoms with Gasteiger partial charge in [0.05, 0.1) is 15.9 Å². The van der Waals surface area contributed by atoms with Crippen LogP contribution in [0.15, 0.2) is 47.5 Å². The summed E-state index contributed by atoms with van der Waals surface area (Å²) in [7, 11) is 0. The van der Waals surface area contributed by atoms with Crippen LogP contribution in [-0.2, 0) is 6.42 Å². The minimum atomic E-state index is 0.723. The molecule has 2 saturated heterocycles. The van der Waals surface area contributed by atoms with Crippen molar-refractivity contribution in [2.75, 3.05) is 24.2 Å². The Bertz CT molecular complexity index is 1010. The third-order valence-electron chi connectivity index (χ3n) is 5.42. The van der Waals surface area contributed by atoms with Crippen LogP contribution in [0.3, 0.4) is 0 Å². The van der Waals surface area contributed by atoms with Gasteiger partial charge in [0, 0.05) is 24.9 Å². The molecule has 0 unspecified atom stereocenters. The fourth-order valence-corrected chi connectivity index (χ4v) is 6.13. The molecule has 3 aromatic rings. The highest BCUT2D eigenvalue weighted by Crippen LogP contribution is 2.33. The molecule has 6 heteroatoms. The molecule has 0 radical (unpaired) electrons. The number of aliphatic imine (C=N–C) groups is 1. The van der Waals surface area contributed by atoms with Crippen molar-refractivity contribution < 1.29 is 0 Å². The first-order valence-corrected chi connectivity index (χ1v) is 11.7. The Morgan fingerprint density at radius 3 is 3.00 bits per heavy atom. The second-order valence-electron chi connectivity index (χ2n) is 7.53. The van der Waals surface area contributed by atoms with Gasteiger partial charge in [-0.05, 0) is 61.6 Å². The molecule has 144 valence electrons. The second-order valence-corrected chi connectivity index (χ2v) is 9.55. The number of amidine groups is 1. The quantitative estimate of drug-likeness (QED) is 0.609. The van der Waals surface area contributed by atoms with Crippen molar-refractivity contribution in [1.82, 2.24) is 9.88 Å². The van der Waals surface area contributed by atoms with Gasteiger partial charge in [-0.2, -0.15) is 0 Å². The van der Waals surface area contributed by atoms with Crippen LogP contribution in [0.4, 0.5) is 10.8 Å². The van der Waals surface area contributed by atoms with Crippen LogP contribution in [0.2, 0.25) is 0 Å². The third kappa shape index (κ3) is 3.76. The Morgan fingerprint density at radius 2 is 2.11 bits per heavy atom. The number of thiazole rings is 1. The summed E-state index contributed by atoms with van der Waals surface area (Å²) >= 11 is 3.63. The molecule has 2 fully saturated rings. The van der Waals surface area contributed by atoms with Gasteiger partial charge in [-0.1, -0.05) is 41.3 Å². The van der Waals surface area contributed by atoms with E-state index in [1.165, 1.54) is 46.1 Å². The van der Waals surface area contributed by atoms with E-state index in [0.29, 0.717) is 0 Å². The summed E-state index contributed by atoms with van der Waals surface area (Å²) in [6.07, 6.45) is 3.62. The Labute approximate surface area is 174 Å². The number of nitrogens with zero attached hydrogens (tertiary/aromatic N) is 3. The maximum Gasteiger partial charge on any atom is 0.183 e. The largest absolute Gasteiger partial charge is 0.361 e. The molecule has 3 heterocycles. The maximum absolute atomic E-state index is 4.88. The summed E-state index contributed by atoms with van der Waals surface area (Å²) in [5, 5.41) is 5.68. The number of hydrogen-bond acceptors (Lipinski definition) is 5. The normalized spacial score (nSPS) is 20.2. The predicted molar refractivity (Wildman–Crippen MR) is 122 cm³/mol. The monoisotopic (exact) mass is 408 g/mol. The summed E-state index contributed by atoms with van der Waals surface area (Å²) in [6, 6.07) is 15.8.